The first-order valence-electron chi connectivity index (χ1n) is 5.92. The maximum absolute atomic E-state index is 11.9. The first-order chi connectivity index (χ1) is 9.33. The molecule has 0 radical (unpaired) electrons. The standard InChI is InChI=1S/C15H12N2O2/c18-15(19-12-5-2-1-3-6-12)11-9-14(17-10-11)13-7-4-8-16-13/h1-10,16-17H. The molecule has 2 aromatic heterocycles. The summed E-state index contributed by atoms with van der Waals surface area (Å²) in [4.78, 5) is 18.1. The molecule has 1 aromatic carbocycles. The Morgan fingerprint density at radius 2 is 1.79 bits per heavy atom. The maximum Gasteiger partial charge on any atom is 0.345 e. The van der Waals surface area contributed by atoms with E-state index in [9.17, 15) is 4.79 Å². The molecule has 2 heterocycles. The number of H-pyrrole nitrogens is 2. The molecule has 0 aliphatic carbocycles. The lowest BCUT2D eigenvalue weighted by molar-refractivity contribution is 0.0735. The van der Waals surface area contributed by atoms with Crippen molar-refractivity contribution in [2.45, 2.75) is 0 Å². The summed E-state index contributed by atoms with van der Waals surface area (Å²) < 4.78 is 5.26. The van der Waals surface area contributed by atoms with Gasteiger partial charge in [-0.15, -0.1) is 0 Å². The fourth-order valence-electron chi connectivity index (χ4n) is 1.82. The van der Waals surface area contributed by atoms with Gasteiger partial charge in [-0.25, -0.2) is 4.79 Å². The number of carbonyl (C=O) groups is 1. The molecule has 0 fully saturated rings. The predicted octanol–water partition coefficient (Wildman–Crippen LogP) is 3.23. The van der Waals surface area contributed by atoms with Crippen molar-refractivity contribution >= 4 is 5.97 Å². The molecule has 0 unspecified atom stereocenters. The molecule has 19 heavy (non-hydrogen) atoms. The van der Waals surface area contributed by atoms with Crippen molar-refractivity contribution in [3.05, 3.63) is 66.5 Å². The van der Waals surface area contributed by atoms with E-state index in [4.69, 9.17) is 4.74 Å². The highest BCUT2D eigenvalue weighted by molar-refractivity contribution is 5.92. The summed E-state index contributed by atoms with van der Waals surface area (Å²) in [6.45, 7) is 0. The number of aromatic nitrogens is 2. The number of para-hydroxylation sites is 1. The van der Waals surface area contributed by atoms with Crippen molar-refractivity contribution in [3.8, 4) is 17.1 Å². The second kappa shape index (κ2) is 4.86. The number of carbonyl (C=O) groups excluding carboxylic acids is 1. The number of hydrogen-bond acceptors (Lipinski definition) is 2. The largest absolute Gasteiger partial charge is 0.423 e. The van der Waals surface area contributed by atoms with Crippen LogP contribution in [0, 0.1) is 0 Å². The summed E-state index contributed by atoms with van der Waals surface area (Å²) in [6, 6.07) is 14.6. The van der Waals surface area contributed by atoms with Gasteiger partial charge < -0.3 is 14.7 Å². The first-order valence-corrected chi connectivity index (χ1v) is 5.92. The predicted molar refractivity (Wildman–Crippen MR) is 72.0 cm³/mol. The summed E-state index contributed by atoms with van der Waals surface area (Å²) in [5.74, 6) is 0.162. The minimum Gasteiger partial charge on any atom is -0.423 e. The van der Waals surface area contributed by atoms with Gasteiger partial charge in [-0.05, 0) is 30.3 Å². The summed E-state index contributed by atoms with van der Waals surface area (Å²) >= 11 is 0. The Morgan fingerprint density at radius 1 is 0.947 bits per heavy atom. The second-order valence-corrected chi connectivity index (χ2v) is 4.09. The van der Waals surface area contributed by atoms with Crippen LogP contribution in [0.25, 0.3) is 11.4 Å². The Morgan fingerprint density at radius 3 is 2.53 bits per heavy atom. The first kappa shape index (κ1) is 11.3. The average molecular weight is 252 g/mol. The van der Waals surface area contributed by atoms with Crippen molar-refractivity contribution < 1.29 is 9.53 Å². The van der Waals surface area contributed by atoms with Gasteiger partial charge >= 0.3 is 5.97 Å². The van der Waals surface area contributed by atoms with Crippen LogP contribution in [-0.4, -0.2) is 15.9 Å². The molecular weight excluding hydrogens is 240 g/mol. The highest BCUT2D eigenvalue weighted by atomic mass is 16.5. The number of aromatic amines is 2. The van der Waals surface area contributed by atoms with E-state index in [0.717, 1.165) is 11.4 Å². The number of ether oxygens (including phenoxy) is 1. The lowest BCUT2D eigenvalue weighted by Gasteiger charge is -2.01. The number of esters is 1. The zero-order valence-corrected chi connectivity index (χ0v) is 10.1. The molecule has 94 valence electrons. The van der Waals surface area contributed by atoms with Crippen molar-refractivity contribution in [2.24, 2.45) is 0 Å². The second-order valence-electron chi connectivity index (χ2n) is 4.09. The molecule has 0 aliphatic heterocycles. The molecule has 4 heteroatoms. The lowest BCUT2D eigenvalue weighted by atomic mass is 10.2. The minimum atomic E-state index is -0.375. The molecule has 3 rings (SSSR count). The highest BCUT2D eigenvalue weighted by Crippen LogP contribution is 2.18. The number of benzene rings is 1. The van der Waals surface area contributed by atoms with Crippen LogP contribution in [0.3, 0.4) is 0 Å². The van der Waals surface area contributed by atoms with Gasteiger partial charge in [0.05, 0.1) is 17.0 Å². The Balaban J connectivity index is 1.78. The molecule has 4 nitrogen and oxygen atoms in total. The minimum absolute atomic E-state index is 0.375. The van der Waals surface area contributed by atoms with Crippen LogP contribution in [-0.2, 0) is 0 Å². The van der Waals surface area contributed by atoms with E-state index in [1.807, 2.05) is 36.5 Å². The smallest absolute Gasteiger partial charge is 0.345 e. The van der Waals surface area contributed by atoms with Crippen molar-refractivity contribution in [2.75, 3.05) is 0 Å². The maximum atomic E-state index is 11.9. The molecule has 0 saturated heterocycles. The van der Waals surface area contributed by atoms with E-state index in [1.165, 1.54) is 0 Å². The van der Waals surface area contributed by atoms with Crippen LogP contribution in [0.15, 0.2) is 60.9 Å². The van der Waals surface area contributed by atoms with E-state index in [2.05, 4.69) is 9.97 Å². The molecule has 0 amide bonds. The zero-order valence-electron chi connectivity index (χ0n) is 10.1. The summed E-state index contributed by atoms with van der Waals surface area (Å²) in [5.41, 5.74) is 2.28. The van der Waals surface area contributed by atoms with Crippen LogP contribution in [0.5, 0.6) is 5.75 Å². The van der Waals surface area contributed by atoms with E-state index < -0.39 is 0 Å². The fourth-order valence-corrected chi connectivity index (χ4v) is 1.82. The third kappa shape index (κ3) is 2.42. The Labute approximate surface area is 110 Å². The zero-order chi connectivity index (χ0) is 13.1. The van der Waals surface area contributed by atoms with Crippen LogP contribution in [0.2, 0.25) is 0 Å². The average Bonchev–Trinajstić information content (AvgIpc) is 3.11. The topological polar surface area (TPSA) is 57.9 Å². The van der Waals surface area contributed by atoms with E-state index in [-0.39, 0.29) is 5.97 Å². The van der Waals surface area contributed by atoms with E-state index in [1.54, 1.807) is 24.4 Å². The van der Waals surface area contributed by atoms with E-state index >= 15 is 0 Å². The van der Waals surface area contributed by atoms with Gasteiger partial charge in [-0.2, -0.15) is 0 Å². The molecule has 0 atom stereocenters. The summed E-state index contributed by atoms with van der Waals surface area (Å²) in [5, 5.41) is 0. The molecule has 3 aromatic rings. The molecule has 2 N–H and O–H groups in total. The van der Waals surface area contributed by atoms with Gasteiger partial charge in [0.1, 0.15) is 5.75 Å². The highest BCUT2D eigenvalue weighted by Gasteiger charge is 2.11. The van der Waals surface area contributed by atoms with Crippen LogP contribution < -0.4 is 4.74 Å². The van der Waals surface area contributed by atoms with Gasteiger partial charge in [0.15, 0.2) is 0 Å². The van der Waals surface area contributed by atoms with Gasteiger partial charge in [-0.3, -0.25) is 0 Å². The molecule has 0 aliphatic rings. The Bertz CT molecular complexity index is 669. The molecule has 0 bridgehead atoms. The van der Waals surface area contributed by atoms with Crippen LogP contribution in [0.4, 0.5) is 0 Å². The van der Waals surface area contributed by atoms with Crippen molar-refractivity contribution in [3.63, 3.8) is 0 Å². The lowest BCUT2D eigenvalue weighted by Crippen LogP contribution is -2.06. The van der Waals surface area contributed by atoms with Gasteiger partial charge in [0.25, 0.3) is 0 Å². The van der Waals surface area contributed by atoms with Crippen molar-refractivity contribution in [1.29, 1.82) is 0 Å². The molecule has 0 spiro atoms. The summed E-state index contributed by atoms with van der Waals surface area (Å²) in [7, 11) is 0. The van der Waals surface area contributed by atoms with E-state index in [0.29, 0.717) is 11.3 Å². The van der Waals surface area contributed by atoms with Crippen LogP contribution >= 0.6 is 0 Å². The monoisotopic (exact) mass is 252 g/mol. The SMILES string of the molecule is O=C(Oc1ccccc1)c1c[nH]c(-c2ccc[nH]2)c1. The quantitative estimate of drug-likeness (QED) is 0.555. The normalized spacial score (nSPS) is 10.3. The molecule has 0 saturated carbocycles. The van der Waals surface area contributed by atoms with Gasteiger partial charge in [-0.1, -0.05) is 18.2 Å². The van der Waals surface area contributed by atoms with Crippen LogP contribution in [0.1, 0.15) is 10.4 Å². The van der Waals surface area contributed by atoms with Gasteiger partial charge in [0.2, 0.25) is 0 Å². The van der Waals surface area contributed by atoms with Gasteiger partial charge in [0, 0.05) is 12.4 Å². The number of hydrogen-bond donors (Lipinski definition) is 2. The summed E-state index contributed by atoms with van der Waals surface area (Å²) in [6.07, 6.45) is 3.47. The fraction of sp³-hybridized carbons (Fsp3) is 0. The third-order valence-corrected chi connectivity index (χ3v) is 2.76. The third-order valence-electron chi connectivity index (χ3n) is 2.76. The number of rotatable bonds is 3. The Kier molecular flexibility index (Phi) is 2.90. The van der Waals surface area contributed by atoms with Crippen molar-refractivity contribution in [1.82, 2.24) is 9.97 Å². The number of nitrogens with one attached hydrogen (secondary N) is 2. The Hall–Kier alpha value is -2.75. The molecular formula is C15H12N2O2.